The molecule has 0 radical (unpaired) electrons. The summed E-state index contributed by atoms with van der Waals surface area (Å²) in [6.45, 7) is 5.62. The van der Waals surface area contributed by atoms with Gasteiger partial charge in [-0.25, -0.2) is 15.0 Å². The Morgan fingerprint density at radius 2 is 2.11 bits per heavy atom. The van der Waals surface area contributed by atoms with Gasteiger partial charge in [0, 0.05) is 18.9 Å². The van der Waals surface area contributed by atoms with E-state index in [9.17, 15) is 9.90 Å². The molecule has 0 aliphatic heterocycles. The fraction of sp³-hybridized carbons (Fsp3) is 0.222. The average Bonchev–Trinajstić information content (AvgIpc) is 3.04. The number of aryl methyl sites for hydroxylation is 1. The molecule has 0 bridgehead atoms. The molecule has 0 saturated carbocycles. The lowest BCUT2D eigenvalue weighted by molar-refractivity contribution is 0.0990. The van der Waals surface area contributed by atoms with E-state index in [0.29, 0.717) is 29.1 Å². The number of primary amides is 1. The first-order chi connectivity index (χ1) is 13.3. The zero-order valence-corrected chi connectivity index (χ0v) is 15.7. The maximum Gasteiger partial charge on any atom is 0.285 e. The summed E-state index contributed by atoms with van der Waals surface area (Å²) < 4.78 is 1.57. The average molecular weight is 380 g/mol. The number of amides is 1. The van der Waals surface area contributed by atoms with E-state index >= 15 is 0 Å². The van der Waals surface area contributed by atoms with Crippen LogP contribution in [0.15, 0.2) is 30.4 Å². The van der Waals surface area contributed by atoms with Crippen molar-refractivity contribution < 1.29 is 9.90 Å². The van der Waals surface area contributed by atoms with Crippen LogP contribution in [0.2, 0.25) is 0 Å². The second-order valence-corrected chi connectivity index (χ2v) is 6.08. The van der Waals surface area contributed by atoms with Crippen molar-refractivity contribution in [2.45, 2.75) is 20.8 Å². The van der Waals surface area contributed by atoms with Gasteiger partial charge in [-0.15, -0.1) is 0 Å². The Morgan fingerprint density at radius 3 is 2.75 bits per heavy atom. The van der Waals surface area contributed by atoms with Crippen molar-refractivity contribution in [2.75, 3.05) is 6.54 Å². The van der Waals surface area contributed by atoms with E-state index in [0.717, 1.165) is 0 Å². The number of imidazole rings is 1. The van der Waals surface area contributed by atoms with Gasteiger partial charge in [0.05, 0.1) is 28.8 Å². The number of carbonyl (C=O) groups excluding carboxylic acids is 1. The Hall–Kier alpha value is -3.82. The molecule has 0 saturated heterocycles. The Morgan fingerprint density at radius 1 is 1.36 bits per heavy atom. The third-order valence-electron chi connectivity index (χ3n) is 3.94. The molecule has 10 nitrogen and oxygen atoms in total. The minimum Gasteiger partial charge on any atom is -0.504 e. The number of fused-ring (bicyclic) bond motifs is 1. The smallest absolute Gasteiger partial charge is 0.285 e. The number of allylic oxidation sites excluding steroid dienone is 1. The summed E-state index contributed by atoms with van der Waals surface area (Å²) in [5, 5.41) is 20.9. The molecule has 0 aliphatic rings. The second kappa shape index (κ2) is 7.43. The lowest BCUT2D eigenvalue weighted by Crippen LogP contribution is -2.18. The highest BCUT2D eigenvalue weighted by Crippen LogP contribution is 2.24. The normalized spacial score (nSPS) is 12.0. The van der Waals surface area contributed by atoms with Crippen molar-refractivity contribution in [3.05, 3.63) is 47.8 Å². The Labute approximate surface area is 160 Å². The van der Waals surface area contributed by atoms with Gasteiger partial charge in [0.25, 0.3) is 5.91 Å². The standard InChI is InChI=1S/C18H20N8O2/c1-4-21-14(15(27)10(3)19)17-22-6-5-11(24-17)13-12-7-23-9(2)8-26(12)18(25-13)16(20)28/h5-8,19,21,27H,4H2,1-3H3,(H2,20,28)/b15-14+,19-10?. The van der Waals surface area contributed by atoms with Crippen molar-refractivity contribution >= 4 is 22.8 Å². The summed E-state index contributed by atoms with van der Waals surface area (Å²) in [6.07, 6.45) is 4.77. The van der Waals surface area contributed by atoms with Crippen LogP contribution >= 0.6 is 0 Å². The third-order valence-corrected chi connectivity index (χ3v) is 3.94. The lowest BCUT2D eigenvalue weighted by atomic mass is 10.2. The Balaban J connectivity index is 2.22. The number of nitrogens with one attached hydrogen (secondary N) is 2. The highest BCUT2D eigenvalue weighted by atomic mass is 16.3. The van der Waals surface area contributed by atoms with E-state index in [-0.39, 0.29) is 28.8 Å². The Bertz CT molecular complexity index is 1120. The predicted molar refractivity (Wildman–Crippen MR) is 104 cm³/mol. The maximum atomic E-state index is 11.8. The molecular weight excluding hydrogens is 360 g/mol. The fourth-order valence-electron chi connectivity index (χ4n) is 2.69. The molecule has 0 aromatic carbocycles. The van der Waals surface area contributed by atoms with Crippen molar-refractivity contribution in [3.63, 3.8) is 0 Å². The lowest BCUT2D eigenvalue weighted by Gasteiger charge is -2.11. The summed E-state index contributed by atoms with van der Waals surface area (Å²) in [6, 6.07) is 1.63. The molecule has 0 fully saturated rings. The molecule has 10 heteroatoms. The number of nitrogens with zero attached hydrogens (tertiary/aromatic N) is 5. The molecule has 144 valence electrons. The van der Waals surface area contributed by atoms with E-state index in [2.05, 4.69) is 25.3 Å². The van der Waals surface area contributed by atoms with E-state index in [1.54, 1.807) is 29.8 Å². The summed E-state index contributed by atoms with van der Waals surface area (Å²) >= 11 is 0. The number of aromatic nitrogens is 5. The third kappa shape index (κ3) is 3.39. The van der Waals surface area contributed by atoms with Crippen molar-refractivity contribution in [3.8, 4) is 11.4 Å². The van der Waals surface area contributed by atoms with Gasteiger partial charge < -0.3 is 21.6 Å². The van der Waals surface area contributed by atoms with Crippen LogP contribution in [0.1, 0.15) is 36.0 Å². The van der Waals surface area contributed by atoms with Crippen LogP contribution in [0, 0.1) is 12.3 Å². The van der Waals surface area contributed by atoms with E-state index in [1.165, 1.54) is 13.1 Å². The molecule has 0 spiro atoms. The number of carbonyl (C=O) groups is 1. The molecule has 0 unspecified atom stereocenters. The fourth-order valence-corrected chi connectivity index (χ4v) is 2.69. The van der Waals surface area contributed by atoms with Gasteiger partial charge in [0.1, 0.15) is 11.4 Å². The topological polar surface area (TPSA) is 155 Å². The van der Waals surface area contributed by atoms with Crippen LogP contribution in [-0.4, -0.2) is 47.6 Å². The molecule has 3 aromatic rings. The van der Waals surface area contributed by atoms with Gasteiger partial charge in [-0.05, 0) is 26.8 Å². The number of hydrogen-bond donors (Lipinski definition) is 4. The highest BCUT2D eigenvalue weighted by molar-refractivity contribution is 5.99. The molecule has 0 atom stereocenters. The number of aliphatic hydroxyl groups is 1. The zero-order valence-electron chi connectivity index (χ0n) is 15.7. The molecule has 1 amide bonds. The van der Waals surface area contributed by atoms with Crippen LogP contribution in [0.25, 0.3) is 22.6 Å². The molecule has 0 aliphatic carbocycles. The van der Waals surface area contributed by atoms with Crippen LogP contribution in [0.5, 0.6) is 0 Å². The molecule has 3 rings (SSSR count). The first-order valence-electron chi connectivity index (χ1n) is 8.54. The van der Waals surface area contributed by atoms with Crippen molar-refractivity contribution in [1.82, 2.24) is 29.7 Å². The summed E-state index contributed by atoms with van der Waals surface area (Å²) in [4.78, 5) is 29.1. The van der Waals surface area contributed by atoms with Crippen molar-refractivity contribution in [2.24, 2.45) is 5.73 Å². The van der Waals surface area contributed by atoms with E-state index < -0.39 is 5.91 Å². The van der Waals surface area contributed by atoms with Gasteiger partial charge in [-0.2, -0.15) is 0 Å². The van der Waals surface area contributed by atoms with Crippen molar-refractivity contribution in [1.29, 1.82) is 5.41 Å². The van der Waals surface area contributed by atoms with Gasteiger partial charge in [-0.3, -0.25) is 14.2 Å². The van der Waals surface area contributed by atoms with E-state index in [4.69, 9.17) is 11.1 Å². The van der Waals surface area contributed by atoms with Crippen LogP contribution in [0.3, 0.4) is 0 Å². The zero-order chi connectivity index (χ0) is 20.4. The molecule has 5 N–H and O–H groups in total. The molecule has 3 aromatic heterocycles. The SMILES string of the molecule is CCN/C(=C(/O)C(C)=N)c1nccc(-c2nc(C(N)=O)n3cc(C)ncc23)n1. The summed E-state index contributed by atoms with van der Waals surface area (Å²) in [7, 11) is 0. The highest BCUT2D eigenvalue weighted by Gasteiger charge is 2.20. The van der Waals surface area contributed by atoms with Gasteiger partial charge in [0.15, 0.2) is 11.6 Å². The number of hydrogen-bond acceptors (Lipinski definition) is 8. The summed E-state index contributed by atoms with van der Waals surface area (Å²) in [5.74, 6) is -0.656. The van der Waals surface area contributed by atoms with Gasteiger partial charge >= 0.3 is 0 Å². The van der Waals surface area contributed by atoms with Crippen LogP contribution < -0.4 is 11.1 Å². The number of aliphatic hydroxyl groups excluding tert-OH is 1. The largest absolute Gasteiger partial charge is 0.504 e. The first-order valence-corrected chi connectivity index (χ1v) is 8.54. The monoisotopic (exact) mass is 380 g/mol. The minimum absolute atomic E-state index is 0.0203. The van der Waals surface area contributed by atoms with Gasteiger partial charge in [-0.1, -0.05) is 0 Å². The second-order valence-electron chi connectivity index (χ2n) is 6.08. The first kappa shape index (κ1) is 19.0. The molecular formula is C18H20N8O2. The number of rotatable bonds is 6. The van der Waals surface area contributed by atoms with Gasteiger partial charge in [0.2, 0.25) is 5.82 Å². The number of nitrogens with two attached hydrogens (primary N) is 1. The van der Waals surface area contributed by atoms with Crippen LogP contribution in [-0.2, 0) is 0 Å². The minimum atomic E-state index is -0.675. The molecule has 3 heterocycles. The quantitative estimate of drug-likeness (QED) is 0.373. The maximum absolute atomic E-state index is 11.8. The predicted octanol–water partition coefficient (Wildman–Crippen LogP) is 1.47. The van der Waals surface area contributed by atoms with Crippen LogP contribution in [0.4, 0.5) is 0 Å². The van der Waals surface area contributed by atoms with E-state index in [1.807, 2.05) is 6.92 Å². The molecule has 28 heavy (non-hydrogen) atoms. The summed E-state index contributed by atoms with van der Waals surface area (Å²) in [5.41, 5.74) is 7.77. The Kier molecular flexibility index (Phi) is 5.03.